The van der Waals surface area contributed by atoms with Crippen LogP contribution in [0.25, 0.3) is 6.08 Å². The molecule has 0 spiro atoms. The summed E-state index contributed by atoms with van der Waals surface area (Å²) in [5, 5.41) is 11.3. The number of halogens is 1. The van der Waals surface area contributed by atoms with E-state index in [1.807, 2.05) is 0 Å². The Balaban J connectivity index is 2.82. The van der Waals surface area contributed by atoms with Gasteiger partial charge >= 0.3 is 0 Å². The normalized spacial score (nSPS) is 13.4. The number of nitrogens with zero attached hydrogens (tertiary/aromatic N) is 1. The zero-order valence-electron chi connectivity index (χ0n) is 11.2. The SMILES string of the molecule is CN(CC(C)(C)O)S(=O)(=O)/C=C/c1ccc(Cl)cc1. The first-order chi connectivity index (χ1) is 8.60. The minimum absolute atomic E-state index is 0.0281. The van der Waals surface area contributed by atoms with Crippen molar-refractivity contribution in [2.45, 2.75) is 19.4 Å². The summed E-state index contributed by atoms with van der Waals surface area (Å²) < 4.78 is 25.0. The van der Waals surface area contributed by atoms with E-state index in [1.54, 1.807) is 38.1 Å². The zero-order chi connectivity index (χ0) is 14.7. The second kappa shape index (κ2) is 6.05. The van der Waals surface area contributed by atoms with Crippen LogP contribution in [0.5, 0.6) is 0 Å². The Morgan fingerprint density at radius 3 is 2.32 bits per heavy atom. The molecule has 0 radical (unpaired) electrons. The van der Waals surface area contributed by atoms with Crippen LogP contribution in [0, 0.1) is 0 Å². The van der Waals surface area contributed by atoms with Crippen molar-refractivity contribution in [3.05, 3.63) is 40.3 Å². The molecule has 0 amide bonds. The first-order valence-electron chi connectivity index (χ1n) is 5.72. The second-order valence-electron chi connectivity index (χ2n) is 4.97. The number of rotatable bonds is 5. The molecule has 0 aliphatic heterocycles. The molecule has 1 aromatic carbocycles. The van der Waals surface area contributed by atoms with Crippen LogP contribution in [-0.4, -0.2) is 37.0 Å². The first-order valence-corrected chi connectivity index (χ1v) is 7.61. The van der Waals surface area contributed by atoms with Gasteiger partial charge < -0.3 is 5.11 Å². The van der Waals surface area contributed by atoms with E-state index < -0.39 is 15.6 Å². The van der Waals surface area contributed by atoms with Crippen LogP contribution in [0.15, 0.2) is 29.7 Å². The highest BCUT2D eigenvalue weighted by Gasteiger charge is 2.22. The number of hydrogen-bond donors (Lipinski definition) is 1. The van der Waals surface area contributed by atoms with Crippen molar-refractivity contribution >= 4 is 27.7 Å². The van der Waals surface area contributed by atoms with E-state index in [1.165, 1.54) is 13.1 Å². The topological polar surface area (TPSA) is 57.6 Å². The predicted molar refractivity (Wildman–Crippen MR) is 78.3 cm³/mol. The predicted octanol–water partition coefficient (Wildman–Crippen LogP) is 2.34. The lowest BCUT2D eigenvalue weighted by molar-refractivity contribution is 0.0642. The lowest BCUT2D eigenvalue weighted by Crippen LogP contribution is -2.38. The summed E-state index contributed by atoms with van der Waals surface area (Å²) >= 11 is 5.75. The Labute approximate surface area is 119 Å². The highest BCUT2D eigenvalue weighted by atomic mass is 35.5. The summed E-state index contributed by atoms with van der Waals surface area (Å²) in [6.45, 7) is 3.14. The molecular formula is C13H18ClNO3S. The average molecular weight is 304 g/mol. The van der Waals surface area contributed by atoms with E-state index >= 15 is 0 Å². The standard InChI is InChI=1S/C13H18ClNO3S/c1-13(2,16)10-15(3)19(17,18)9-8-11-4-6-12(14)7-5-11/h4-9,16H,10H2,1-3H3/b9-8+. The molecule has 0 bridgehead atoms. The zero-order valence-corrected chi connectivity index (χ0v) is 12.7. The monoisotopic (exact) mass is 303 g/mol. The lowest BCUT2D eigenvalue weighted by Gasteiger charge is -2.23. The van der Waals surface area contributed by atoms with Crippen LogP contribution >= 0.6 is 11.6 Å². The highest BCUT2D eigenvalue weighted by Crippen LogP contribution is 2.13. The Bertz CT molecular complexity index is 544. The summed E-state index contributed by atoms with van der Waals surface area (Å²) in [4.78, 5) is 0. The van der Waals surface area contributed by atoms with Crippen molar-refractivity contribution in [1.29, 1.82) is 0 Å². The van der Waals surface area contributed by atoms with Crippen molar-refractivity contribution in [3.8, 4) is 0 Å². The quantitative estimate of drug-likeness (QED) is 0.908. The van der Waals surface area contributed by atoms with Gasteiger partial charge in [-0.15, -0.1) is 0 Å². The molecule has 0 atom stereocenters. The number of sulfonamides is 1. The molecule has 0 saturated heterocycles. The van der Waals surface area contributed by atoms with E-state index in [9.17, 15) is 13.5 Å². The third-order valence-electron chi connectivity index (χ3n) is 2.35. The summed E-state index contributed by atoms with van der Waals surface area (Å²) in [6.07, 6.45) is 1.49. The number of benzene rings is 1. The van der Waals surface area contributed by atoms with Crippen molar-refractivity contribution in [2.24, 2.45) is 0 Å². The van der Waals surface area contributed by atoms with Gasteiger partial charge in [-0.05, 0) is 37.6 Å². The number of hydrogen-bond acceptors (Lipinski definition) is 3. The molecule has 4 nitrogen and oxygen atoms in total. The van der Waals surface area contributed by atoms with Crippen molar-refractivity contribution in [1.82, 2.24) is 4.31 Å². The van der Waals surface area contributed by atoms with Gasteiger partial charge in [0.1, 0.15) is 0 Å². The van der Waals surface area contributed by atoms with Gasteiger partial charge in [-0.3, -0.25) is 0 Å². The van der Waals surface area contributed by atoms with Crippen molar-refractivity contribution in [2.75, 3.05) is 13.6 Å². The van der Waals surface area contributed by atoms with Gasteiger partial charge in [-0.25, -0.2) is 8.42 Å². The maximum atomic E-state index is 12.0. The second-order valence-corrected chi connectivity index (χ2v) is 7.33. The molecule has 0 fully saturated rings. The molecule has 1 aromatic rings. The molecule has 106 valence electrons. The lowest BCUT2D eigenvalue weighted by atomic mass is 10.1. The van der Waals surface area contributed by atoms with Gasteiger partial charge in [0.15, 0.2) is 0 Å². The molecule has 0 aliphatic rings. The number of aliphatic hydroxyl groups is 1. The fraction of sp³-hybridized carbons (Fsp3) is 0.385. The maximum Gasteiger partial charge on any atom is 0.236 e. The van der Waals surface area contributed by atoms with Crippen LogP contribution in [0.3, 0.4) is 0 Å². The highest BCUT2D eigenvalue weighted by molar-refractivity contribution is 7.92. The summed E-state index contributed by atoms with van der Waals surface area (Å²) in [7, 11) is -2.11. The van der Waals surface area contributed by atoms with Crippen LogP contribution < -0.4 is 0 Å². The van der Waals surface area contributed by atoms with E-state index in [0.29, 0.717) is 5.02 Å². The Hall–Kier alpha value is -0.880. The fourth-order valence-corrected chi connectivity index (χ4v) is 2.64. The van der Waals surface area contributed by atoms with E-state index in [4.69, 9.17) is 11.6 Å². The third-order valence-corrected chi connectivity index (χ3v) is 4.08. The van der Waals surface area contributed by atoms with Crippen LogP contribution in [0.1, 0.15) is 19.4 Å². The van der Waals surface area contributed by atoms with Crippen LogP contribution in [0.4, 0.5) is 0 Å². The molecule has 6 heteroatoms. The Kier molecular flexibility index (Phi) is 5.15. The molecule has 19 heavy (non-hydrogen) atoms. The smallest absolute Gasteiger partial charge is 0.236 e. The van der Waals surface area contributed by atoms with Gasteiger partial charge in [-0.1, -0.05) is 23.7 Å². The summed E-state index contributed by atoms with van der Waals surface area (Å²) in [5.41, 5.74) is -0.333. The molecular weight excluding hydrogens is 286 g/mol. The first kappa shape index (κ1) is 16.2. The molecule has 1 rings (SSSR count). The van der Waals surface area contributed by atoms with Crippen LogP contribution in [0.2, 0.25) is 5.02 Å². The van der Waals surface area contributed by atoms with Crippen LogP contribution in [-0.2, 0) is 10.0 Å². The van der Waals surface area contributed by atoms with Gasteiger partial charge in [-0.2, -0.15) is 4.31 Å². The third kappa shape index (κ3) is 5.74. The molecule has 0 unspecified atom stereocenters. The minimum atomic E-state index is -3.54. The van der Waals surface area contributed by atoms with Crippen molar-refractivity contribution in [3.63, 3.8) is 0 Å². The summed E-state index contributed by atoms with van der Waals surface area (Å²) in [5.74, 6) is 0. The Morgan fingerprint density at radius 1 is 1.32 bits per heavy atom. The minimum Gasteiger partial charge on any atom is -0.389 e. The van der Waals surface area contributed by atoms with E-state index in [0.717, 1.165) is 15.3 Å². The molecule has 1 N–H and O–H groups in total. The van der Waals surface area contributed by atoms with E-state index in [2.05, 4.69) is 0 Å². The maximum absolute atomic E-state index is 12.0. The Morgan fingerprint density at radius 2 is 1.84 bits per heavy atom. The largest absolute Gasteiger partial charge is 0.389 e. The van der Waals surface area contributed by atoms with E-state index in [-0.39, 0.29) is 6.54 Å². The molecule has 0 heterocycles. The molecule has 0 aliphatic carbocycles. The number of likely N-dealkylation sites (N-methyl/N-ethyl adjacent to an activating group) is 1. The van der Waals surface area contributed by atoms with Gasteiger partial charge in [0.25, 0.3) is 0 Å². The average Bonchev–Trinajstić information content (AvgIpc) is 2.26. The van der Waals surface area contributed by atoms with Gasteiger partial charge in [0.05, 0.1) is 5.60 Å². The molecule has 0 aromatic heterocycles. The summed E-state index contributed by atoms with van der Waals surface area (Å²) in [6, 6.07) is 6.83. The van der Waals surface area contributed by atoms with Gasteiger partial charge in [0, 0.05) is 24.0 Å². The van der Waals surface area contributed by atoms with Gasteiger partial charge in [0.2, 0.25) is 10.0 Å². The van der Waals surface area contributed by atoms with Crippen molar-refractivity contribution < 1.29 is 13.5 Å². The fourth-order valence-electron chi connectivity index (χ4n) is 1.48. The molecule has 0 saturated carbocycles.